The zero-order valence-corrected chi connectivity index (χ0v) is 20.1. The van der Waals surface area contributed by atoms with Crippen molar-refractivity contribution in [3.63, 3.8) is 0 Å². The molecule has 0 radical (unpaired) electrons. The summed E-state index contributed by atoms with van der Waals surface area (Å²) in [5, 5.41) is 14.1. The average molecular weight is 515 g/mol. The SMILES string of the molecule is COc1cnc(Cl)cc1-c1cc(C)ncc1C(=O)Nc1nnc(C(=O)Nc2cccc(Cl)c2)s1. The van der Waals surface area contributed by atoms with Crippen molar-refractivity contribution in [1.82, 2.24) is 20.2 Å². The smallest absolute Gasteiger partial charge is 0.286 e. The normalized spacial score (nSPS) is 10.6. The zero-order chi connectivity index (χ0) is 24.2. The molecule has 0 fully saturated rings. The number of methoxy groups -OCH3 is 1. The molecule has 12 heteroatoms. The lowest BCUT2D eigenvalue weighted by atomic mass is 10.0. The molecule has 172 valence electrons. The van der Waals surface area contributed by atoms with Gasteiger partial charge < -0.3 is 10.1 Å². The van der Waals surface area contributed by atoms with Gasteiger partial charge in [0.2, 0.25) is 10.1 Å². The summed E-state index contributed by atoms with van der Waals surface area (Å²) in [5.74, 6) is -0.524. The fraction of sp³-hybridized carbons (Fsp3) is 0.0909. The van der Waals surface area contributed by atoms with Gasteiger partial charge in [0.05, 0.1) is 18.9 Å². The molecular formula is C22H16Cl2N6O3S. The number of amides is 2. The predicted molar refractivity (Wildman–Crippen MR) is 131 cm³/mol. The van der Waals surface area contributed by atoms with E-state index in [-0.39, 0.29) is 20.9 Å². The lowest BCUT2D eigenvalue weighted by molar-refractivity contribution is 0.101. The largest absolute Gasteiger partial charge is 0.494 e. The molecule has 1 aromatic carbocycles. The van der Waals surface area contributed by atoms with Crippen LogP contribution in [0.15, 0.2) is 48.8 Å². The molecule has 2 amide bonds. The van der Waals surface area contributed by atoms with Gasteiger partial charge in [-0.1, -0.05) is 40.6 Å². The minimum Gasteiger partial charge on any atom is -0.494 e. The summed E-state index contributed by atoms with van der Waals surface area (Å²) in [6.07, 6.45) is 2.92. The molecule has 3 aromatic heterocycles. The first-order valence-corrected chi connectivity index (χ1v) is 11.3. The third-order valence-corrected chi connectivity index (χ3v) is 5.83. The van der Waals surface area contributed by atoms with E-state index in [0.717, 1.165) is 11.3 Å². The number of hydrogen-bond donors (Lipinski definition) is 2. The number of hydrogen-bond acceptors (Lipinski definition) is 8. The molecule has 0 saturated heterocycles. The molecule has 0 unspecified atom stereocenters. The van der Waals surface area contributed by atoms with Crippen molar-refractivity contribution in [1.29, 1.82) is 0 Å². The van der Waals surface area contributed by atoms with E-state index in [1.165, 1.54) is 19.5 Å². The van der Waals surface area contributed by atoms with Gasteiger partial charge in [0.1, 0.15) is 10.9 Å². The van der Waals surface area contributed by atoms with E-state index >= 15 is 0 Å². The second-order valence-electron chi connectivity index (χ2n) is 6.91. The highest BCUT2D eigenvalue weighted by Gasteiger charge is 2.20. The first-order chi connectivity index (χ1) is 16.3. The van der Waals surface area contributed by atoms with Gasteiger partial charge in [-0.3, -0.25) is 19.9 Å². The van der Waals surface area contributed by atoms with Crippen LogP contribution in [0.5, 0.6) is 5.75 Å². The Morgan fingerprint density at radius 1 is 0.971 bits per heavy atom. The Morgan fingerprint density at radius 2 is 1.79 bits per heavy atom. The number of halogens is 2. The van der Waals surface area contributed by atoms with Crippen molar-refractivity contribution in [2.24, 2.45) is 0 Å². The quantitative estimate of drug-likeness (QED) is 0.342. The maximum absolute atomic E-state index is 13.1. The molecule has 0 atom stereocenters. The minimum atomic E-state index is -0.490. The maximum Gasteiger partial charge on any atom is 0.286 e. The standard InChI is InChI=1S/C22H16Cl2N6O3S/c1-11-6-14(15-8-18(24)26-10-17(15)33-2)16(9-25-11)19(31)28-22-30-29-21(34-22)20(32)27-13-5-3-4-12(23)7-13/h3-10H,1-2H3,(H,27,32)(H,28,30,31). The van der Waals surface area contributed by atoms with Crippen molar-refractivity contribution < 1.29 is 14.3 Å². The number of carbonyl (C=O) groups is 2. The number of ether oxygens (including phenoxy) is 1. The van der Waals surface area contributed by atoms with Crippen LogP contribution >= 0.6 is 34.5 Å². The Hall–Kier alpha value is -3.60. The predicted octanol–water partition coefficient (Wildman–Crippen LogP) is 5.12. The van der Waals surface area contributed by atoms with E-state index in [4.69, 9.17) is 27.9 Å². The highest BCUT2D eigenvalue weighted by molar-refractivity contribution is 7.17. The molecule has 2 N–H and O–H groups in total. The van der Waals surface area contributed by atoms with Gasteiger partial charge in [-0.2, -0.15) is 0 Å². The van der Waals surface area contributed by atoms with Crippen LogP contribution in [0.4, 0.5) is 10.8 Å². The van der Waals surface area contributed by atoms with Gasteiger partial charge in [-0.05, 0) is 37.3 Å². The van der Waals surface area contributed by atoms with Crippen molar-refractivity contribution in [2.45, 2.75) is 6.92 Å². The zero-order valence-electron chi connectivity index (χ0n) is 17.8. The molecule has 0 aliphatic heterocycles. The molecule has 0 bridgehead atoms. The Balaban J connectivity index is 1.57. The summed E-state index contributed by atoms with van der Waals surface area (Å²) < 4.78 is 5.39. The van der Waals surface area contributed by atoms with E-state index in [2.05, 4.69) is 30.8 Å². The summed E-state index contributed by atoms with van der Waals surface area (Å²) in [7, 11) is 1.50. The van der Waals surface area contributed by atoms with Crippen molar-refractivity contribution in [3.8, 4) is 16.9 Å². The summed E-state index contributed by atoms with van der Waals surface area (Å²) >= 11 is 12.9. The third kappa shape index (κ3) is 5.30. The van der Waals surface area contributed by atoms with E-state index in [1.807, 2.05) is 0 Å². The molecule has 0 aliphatic rings. The third-order valence-electron chi connectivity index (χ3n) is 4.55. The molecule has 34 heavy (non-hydrogen) atoms. The first-order valence-electron chi connectivity index (χ1n) is 9.72. The van der Waals surface area contributed by atoms with Gasteiger partial charge in [0.25, 0.3) is 11.8 Å². The number of aromatic nitrogens is 4. The van der Waals surface area contributed by atoms with E-state index in [1.54, 1.807) is 43.3 Å². The van der Waals surface area contributed by atoms with Gasteiger partial charge in [0.15, 0.2) is 0 Å². The van der Waals surface area contributed by atoms with Gasteiger partial charge >= 0.3 is 0 Å². The number of carbonyl (C=O) groups excluding carboxylic acids is 2. The Kier molecular flexibility index (Phi) is 7.01. The monoisotopic (exact) mass is 514 g/mol. The van der Waals surface area contributed by atoms with E-state index < -0.39 is 11.8 Å². The van der Waals surface area contributed by atoms with Crippen LogP contribution in [0.1, 0.15) is 25.9 Å². The summed E-state index contributed by atoms with van der Waals surface area (Å²) in [6, 6.07) is 10.1. The number of nitrogens with zero attached hydrogens (tertiary/aromatic N) is 4. The topological polar surface area (TPSA) is 119 Å². The van der Waals surface area contributed by atoms with E-state index in [0.29, 0.717) is 33.3 Å². The van der Waals surface area contributed by atoms with Gasteiger partial charge in [-0.15, -0.1) is 10.2 Å². The number of nitrogens with one attached hydrogen (secondary N) is 2. The Labute approximate surface area is 208 Å². The highest BCUT2D eigenvalue weighted by atomic mass is 35.5. The minimum absolute atomic E-state index is 0.0696. The fourth-order valence-electron chi connectivity index (χ4n) is 3.03. The summed E-state index contributed by atoms with van der Waals surface area (Å²) in [5.41, 5.74) is 2.59. The van der Waals surface area contributed by atoms with Crippen molar-refractivity contribution in [3.05, 3.63) is 75.2 Å². The second kappa shape index (κ2) is 10.1. The average Bonchev–Trinajstić information content (AvgIpc) is 3.27. The summed E-state index contributed by atoms with van der Waals surface area (Å²) in [4.78, 5) is 33.8. The first kappa shape index (κ1) is 23.6. The molecule has 3 heterocycles. The highest BCUT2D eigenvalue weighted by Crippen LogP contribution is 2.34. The van der Waals surface area contributed by atoms with Crippen LogP contribution in [-0.4, -0.2) is 39.1 Å². The van der Waals surface area contributed by atoms with E-state index in [9.17, 15) is 9.59 Å². The fourth-order valence-corrected chi connectivity index (χ4v) is 4.02. The summed E-state index contributed by atoms with van der Waals surface area (Å²) in [6.45, 7) is 1.80. The molecule has 4 aromatic rings. The van der Waals surface area contributed by atoms with Crippen LogP contribution < -0.4 is 15.4 Å². The van der Waals surface area contributed by atoms with Crippen LogP contribution in [0.25, 0.3) is 11.1 Å². The van der Waals surface area contributed by atoms with Crippen LogP contribution in [0, 0.1) is 6.92 Å². The maximum atomic E-state index is 13.1. The lowest BCUT2D eigenvalue weighted by Crippen LogP contribution is -2.14. The van der Waals surface area contributed by atoms with Gasteiger partial charge in [-0.25, -0.2) is 4.98 Å². The van der Waals surface area contributed by atoms with Crippen LogP contribution in [-0.2, 0) is 0 Å². The molecule has 4 rings (SSSR count). The number of anilines is 2. The Bertz CT molecular complexity index is 1390. The molecular weight excluding hydrogens is 499 g/mol. The molecule has 0 aliphatic carbocycles. The molecule has 0 saturated carbocycles. The Morgan fingerprint density at radius 3 is 2.56 bits per heavy atom. The van der Waals surface area contributed by atoms with Gasteiger partial charge in [0, 0.05) is 33.7 Å². The van der Waals surface area contributed by atoms with Crippen molar-refractivity contribution in [2.75, 3.05) is 17.7 Å². The number of pyridine rings is 2. The van der Waals surface area contributed by atoms with Crippen molar-refractivity contribution >= 4 is 57.2 Å². The van der Waals surface area contributed by atoms with Crippen LogP contribution in [0.3, 0.4) is 0 Å². The molecule has 0 spiro atoms. The number of benzene rings is 1. The lowest BCUT2D eigenvalue weighted by Gasteiger charge is -2.13. The number of aryl methyl sites for hydroxylation is 1. The second-order valence-corrected chi connectivity index (χ2v) is 8.71. The number of rotatable bonds is 6. The molecule has 9 nitrogen and oxygen atoms in total. The van der Waals surface area contributed by atoms with Crippen LogP contribution in [0.2, 0.25) is 10.2 Å².